The second kappa shape index (κ2) is 24.4. The van der Waals surface area contributed by atoms with Crippen LogP contribution in [0.4, 0.5) is 0 Å². The Kier molecular flexibility index (Phi) is 18.2. The van der Waals surface area contributed by atoms with Gasteiger partial charge in [-0.15, -0.1) is 0 Å². The van der Waals surface area contributed by atoms with Gasteiger partial charge in [-0.3, -0.25) is 24.0 Å². The molecule has 2 aliphatic rings. The van der Waals surface area contributed by atoms with E-state index in [1.165, 1.54) is 9.80 Å². The Bertz CT molecular complexity index is 2680. The molecule has 0 spiro atoms. The molecule has 6 atom stereocenters. The number of carbonyl (C=O) groups excluding carboxylic acids is 5. The van der Waals surface area contributed by atoms with E-state index in [-0.39, 0.29) is 56.1 Å². The molecule has 1 saturated carbocycles. The zero-order valence-corrected chi connectivity index (χ0v) is 43.4. The van der Waals surface area contributed by atoms with E-state index in [1.54, 1.807) is 56.3 Å². The summed E-state index contributed by atoms with van der Waals surface area (Å²) in [6, 6.07) is 25.0. The van der Waals surface area contributed by atoms with E-state index in [9.17, 15) is 24.3 Å². The summed E-state index contributed by atoms with van der Waals surface area (Å²) in [5, 5.41) is 17.6. The number of amides is 5. The lowest BCUT2D eigenvalue weighted by molar-refractivity contribution is -0.147. The quantitative estimate of drug-likeness (QED) is 0.119. The monoisotopic (exact) mass is 1020 g/mol. The lowest BCUT2D eigenvalue weighted by Crippen LogP contribution is -2.58. The molecule has 1 aromatic heterocycles. The Balaban J connectivity index is 1.24. The first kappa shape index (κ1) is 53.5. The normalized spacial score (nSPS) is 22.0. The number of likely N-dealkylation sites (N-methyl/N-ethyl adjacent to an activating group) is 2. The number of ether oxygens (including phenoxy) is 1. The van der Waals surface area contributed by atoms with Crippen LogP contribution >= 0.6 is 23.2 Å². The zero-order valence-electron chi connectivity index (χ0n) is 41.9. The third-order valence-corrected chi connectivity index (χ3v) is 14.5. The number of fused-ring (bicyclic) bond motifs is 1. The molecule has 15 nitrogen and oxygen atoms in total. The highest BCUT2D eigenvalue weighted by Gasteiger charge is 2.39. The molecule has 1 aliphatic carbocycles. The van der Waals surface area contributed by atoms with Gasteiger partial charge in [0.25, 0.3) is 0 Å². The highest BCUT2D eigenvalue weighted by atomic mass is 35.5. The fraction of sp³-hybridized carbons (Fsp3) is 0.418. The van der Waals surface area contributed by atoms with Crippen molar-refractivity contribution in [3.8, 4) is 22.8 Å². The van der Waals surface area contributed by atoms with Gasteiger partial charge in [0.05, 0.1) is 43.5 Å². The van der Waals surface area contributed by atoms with Gasteiger partial charge in [0.15, 0.2) is 0 Å². The van der Waals surface area contributed by atoms with Gasteiger partial charge in [0.1, 0.15) is 29.4 Å². The van der Waals surface area contributed by atoms with Crippen molar-refractivity contribution in [2.75, 3.05) is 34.8 Å². The van der Waals surface area contributed by atoms with Crippen molar-refractivity contribution in [2.45, 2.75) is 102 Å². The summed E-state index contributed by atoms with van der Waals surface area (Å²) in [6.45, 7) is 1.32. The smallest absolute Gasteiger partial charge is 0.247 e. The third-order valence-electron chi connectivity index (χ3n) is 14.0. The predicted molar refractivity (Wildman–Crippen MR) is 278 cm³/mol. The summed E-state index contributed by atoms with van der Waals surface area (Å²) in [5.41, 5.74) is 4.04. The molecular weight excluding hydrogens is 956 g/mol. The molecule has 1 saturated heterocycles. The maximum atomic E-state index is 15.2. The van der Waals surface area contributed by atoms with E-state index in [0.717, 1.165) is 41.1 Å². The highest BCUT2D eigenvalue weighted by Crippen LogP contribution is 2.33. The van der Waals surface area contributed by atoms with Crippen LogP contribution in [0.25, 0.3) is 11.3 Å². The Labute approximate surface area is 432 Å². The molecule has 4 aromatic carbocycles. The molecule has 0 bridgehead atoms. The second-order valence-corrected chi connectivity index (χ2v) is 20.3. The molecule has 2 heterocycles. The summed E-state index contributed by atoms with van der Waals surface area (Å²) in [4.78, 5) is 84.3. The lowest BCUT2D eigenvalue weighted by atomic mass is 9.87. The number of aromatic nitrogens is 2. The van der Waals surface area contributed by atoms with E-state index in [4.69, 9.17) is 27.9 Å². The van der Waals surface area contributed by atoms with Crippen LogP contribution in [0.15, 0.2) is 103 Å². The van der Waals surface area contributed by atoms with Crippen molar-refractivity contribution in [3.63, 3.8) is 0 Å². The minimum atomic E-state index is -1.43. The number of rotatable bonds is 12. The molecule has 5 aromatic rings. The standard InChI is InChI=1S/C55H66Cl2N8O7/c1-35-53(69)60-46(34-66)55(71)62(4)43(27-37-16-21-41(56)22-17-37)30-51(67)59-45-14-10-11-15-47(45)64(6)54(70)40(26-36-12-8-7-9-13-36)28-52(68)65(35)32-39-18-23-42(57)29-49(39)72-44-24-19-38(20-25-44)48-31-58-50(63(48)5)33-61(2)3/h7-9,12-13,16-25,29,31,35,40,43,45-47,66H,10-11,14-15,26-28,30,32-34H2,1-6H3,(H,59,67)(H,60,69)/t35-,40+,43-,45-,46-,47-/m0/s1. The van der Waals surface area contributed by atoms with Gasteiger partial charge in [-0.1, -0.05) is 84.6 Å². The van der Waals surface area contributed by atoms with Gasteiger partial charge >= 0.3 is 0 Å². The van der Waals surface area contributed by atoms with Crippen molar-refractivity contribution in [1.29, 1.82) is 0 Å². The Morgan fingerprint density at radius 1 is 0.778 bits per heavy atom. The minimum Gasteiger partial charge on any atom is -0.457 e. The average molecular weight is 1020 g/mol. The molecule has 17 heteroatoms. The third kappa shape index (κ3) is 13.4. The lowest BCUT2D eigenvalue weighted by Gasteiger charge is -2.40. The summed E-state index contributed by atoms with van der Waals surface area (Å²) < 4.78 is 8.54. The van der Waals surface area contributed by atoms with Gasteiger partial charge in [0.2, 0.25) is 29.5 Å². The number of hydrogen-bond acceptors (Lipinski definition) is 9. The van der Waals surface area contributed by atoms with Crippen LogP contribution in [-0.4, -0.2) is 129 Å². The molecule has 0 radical (unpaired) electrons. The first-order chi connectivity index (χ1) is 34.5. The van der Waals surface area contributed by atoms with Crippen LogP contribution in [0.5, 0.6) is 11.5 Å². The van der Waals surface area contributed by atoms with Crippen molar-refractivity contribution in [2.24, 2.45) is 13.0 Å². The molecule has 3 N–H and O–H groups in total. The van der Waals surface area contributed by atoms with E-state index < -0.39 is 48.4 Å². The molecule has 72 heavy (non-hydrogen) atoms. The molecule has 7 rings (SSSR count). The van der Waals surface area contributed by atoms with Crippen LogP contribution < -0.4 is 15.4 Å². The maximum Gasteiger partial charge on any atom is 0.247 e. The number of nitrogens with zero attached hydrogens (tertiary/aromatic N) is 6. The number of hydrogen-bond donors (Lipinski definition) is 3. The molecule has 382 valence electrons. The zero-order chi connectivity index (χ0) is 51.6. The Morgan fingerprint density at radius 2 is 1.46 bits per heavy atom. The number of nitrogens with one attached hydrogen (secondary N) is 2. The fourth-order valence-corrected chi connectivity index (χ4v) is 10.1. The van der Waals surface area contributed by atoms with Crippen LogP contribution in [0.1, 0.15) is 68.0 Å². The minimum absolute atomic E-state index is 0.0922. The maximum absolute atomic E-state index is 15.2. The first-order valence-electron chi connectivity index (χ1n) is 24.5. The van der Waals surface area contributed by atoms with E-state index in [2.05, 4.69) is 20.5 Å². The van der Waals surface area contributed by atoms with Crippen LogP contribution in [0.2, 0.25) is 10.0 Å². The number of benzene rings is 4. The predicted octanol–water partition coefficient (Wildman–Crippen LogP) is 7.05. The SMILES string of the molecule is C[C@H]1C(=O)N[C@@H](CO)C(=O)N(C)[C@@H](Cc2ccc(Cl)cc2)CC(=O)N[C@H]2CCCC[C@@H]2N(C)C(=O)[C@H](Cc2ccccc2)CC(=O)N1Cc1ccc(Cl)cc1Oc1ccc(-c2cnc(CN(C)C)n2C)cc1. The summed E-state index contributed by atoms with van der Waals surface area (Å²) in [5.74, 6) is -1.53. The van der Waals surface area contributed by atoms with E-state index in [0.29, 0.717) is 46.5 Å². The van der Waals surface area contributed by atoms with Crippen molar-refractivity contribution in [1.82, 2.24) is 39.8 Å². The summed E-state index contributed by atoms with van der Waals surface area (Å²) >= 11 is 12.8. The first-order valence-corrected chi connectivity index (χ1v) is 25.3. The number of carbonyl (C=O) groups is 5. The number of aliphatic hydroxyl groups excluding tert-OH is 1. The van der Waals surface area contributed by atoms with E-state index >= 15 is 4.79 Å². The molecular formula is C55H66Cl2N8O7. The number of aliphatic hydroxyl groups is 1. The van der Waals surface area contributed by atoms with E-state index in [1.807, 2.05) is 98.6 Å². The van der Waals surface area contributed by atoms with Crippen molar-refractivity contribution >= 4 is 52.7 Å². The number of imidazole rings is 1. The molecule has 0 unspecified atom stereocenters. The second-order valence-electron chi connectivity index (χ2n) is 19.4. The van der Waals surface area contributed by atoms with Gasteiger partial charge in [0, 0.05) is 67.2 Å². The average Bonchev–Trinajstić information content (AvgIpc) is 3.72. The summed E-state index contributed by atoms with van der Waals surface area (Å²) in [7, 11) is 9.24. The largest absolute Gasteiger partial charge is 0.457 e. The van der Waals surface area contributed by atoms with Gasteiger partial charge in [-0.2, -0.15) is 0 Å². The Hall–Kier alpha value is -6.26. The molecule has 2 fully saturated rings. The van der Waals surface area contributed by atoms with Crippen LogP contribution in [0, 0.1) is 5.92 Å². The van der Waals surface area contributed by atoms with Crippen molar-refractivity contribution in [3.05, 3.63) is 136 Å². The van der Waals surface area contributed by atoms with Gasteiger partial charge in [-0.05, 0) is 106 Å². The summed E-state index contributed by atoms with van der Waals surface area (Å²) in [6.07, 6.45) is 4.93. The topological polar surface area (TPSA) is 170 Å². The van der Waals surface area contributed by atoms with Crippen LogP contribution in [-0.2, 0) is 57.0 Å². The molecule has 5 amide bonds. The van der Waals surface area contributed by atoms with Gasteiger partial charge in [-0.25, -0.2) is 4.98 Å². The highest BCUT2D eigenvalue weighted by molar-refractivity contribution is 6.31. The van der Waals surface area contributed by atoms with Crippen molar-refractivity contribution < 1.29 is 33.8 Å². The van der Waals surface area contributed by atoms with Crippen LogP contribution in [0.3, 0.4) is 0 Å². The Morgan fingerprint density at radius 3 is 2.15 bits per heavy atom. The molecule has 1 aliphatic heterocycles. The fourth-order valence-electron chi connectivity index (χ4n) is 9.78. The van der Waals surface area contributed by atoms with Gasteiger partial charge < -0.3 is 44.6 Å². The number of halogens is 2.